The number of rotatable bonds is 2. The van der Waals surface area contributed by atoms with E-state index < -0.39 is 39.3 Å². The van der Waals surface area contributed by atoms with Crippen molar-refractivity contribution in [1.29, 1.82) is 0 Å². The van der Waals surface area contributed by atoms with Crippen molar-refractivity contribution in [3.05, 3.63) is 29.3 Å². The van der Waals surface area contributed by atoms with Crippen LogP contribution in [0.15, 0.2) is 23.1 Å². The molecule has 0 aliphatic carbocycles. The van der Waals surface area contributed by atoms with Gasteiger partial charge in [-0.1, -0.05) is 0 Å². The molecule has 1 atom stereocenters. The van der Waals surface area contributed by atoms with Crippen LogP contribution in [0.5, 0.6) is 0 Å². The SMILES string of the molecule is COC(=O)CC1c2cc(C(F)(F)F)ccc2S(=O)(=O)N1C(C)(C)C. The molecular formula is C15H18F3NO4S. The highest BCUT2D eigenvalue weighted by molar-refractivity contribution is 7.89. The summed E-state index contributed by atoms with van der Waals surface area (Å²) >= 11 is 0. The first-order valence-corrected chi connectivity index (χ1v) is 8.56. The molecule has 0 bridgehead atoms. The number of hydrogen-bond acceptors (Lipinski definition) is 4. The molecule has 0 fully saturated rings. The van der Waals surface area contributed by atoms with E-state index in [2.05, 4.69) is 4.74 Å². The third kappa shape index (κ3) is 3.14. The molecule has 0 radical (unpaired) electrons. The summed E-state index contributed by atoms with van der Waals surface area (Å²) in [5, 5.41) is 0. The number of benzene rings is 1. The van der Waals surface area contributed by atoms with Crippen LogP contribution >= 0.6 is 0 Å². The van der Waals surface area contributed by atoms with Crippen LogP contribution in [0, 0.1) is 0 Å². The maximum absolute atomic E-state index is 13.0. The first-order chi connectivity index (χ1) is 10.8. The van der Waals surface area contributed by atoms with Gasteiger partial charge < -0.3 is 4.74 Å². The molecular weight excluding hydrogens is 347 g/mol. The smallest absolute Gasteiger partial charge is 0.416 e. The van der Waals surface area contributed by atoms with Gasteiger partial charge >= 0.3 is 12.1 Å². The zero-order valence-corrected chi connectivity index (χ0v) is 14.5. The number of hydrogen-bond donors (Lipinski definition) is 0. The molecule has 1 aliphatic rings. The minimum Gasteiger partial charge on any atom is -0.469 e. The molecule has 0 spiro atoms. The molecule has 1 heterocycles. The maximum atomic E-state index is 13.0. The van der Waals surface area contributed by atoms with E-state index in [0.29, 0.717) is 0 Å². The number of sulfonamides is 1. The van der Waals surface area contributed by atoms with Crippen molar-refractivity contribution in [2.75, 3.05) is 7.11 Å². The van der Waals surface area contributed by atoms with E-state index in [-0.39, 0.29) is 16.9 Å². The lowest BCUT2D eigenvalue weighted by Gasteiger charge is -2.35. The molecule has 9 heteroatoms. The van der Waals surface area contributed by atoms with E-state index in [1.165, 1.54) is 0 Å². The first-order valence-electron chi connectivity index (χ1n) is 7.12. The number of ether oxygens (including phenoxy) is 1. The fraction of sp³-hybridized carbons (Fsp3) is 0.533. The number of methoxy groups -OCH3 is 1. The average molecular weight is 365 g/mol. The molecule has 1 aliphatic heterocycles. The predicted molar refractivity (Wildman–Crippen MR) is 79.6 cm³/mol. The Morgan fingerprint density at radius 2 is 1.83 bits per heavy atom. The average Bonchev–Trinajstić information content (AvgIpc) is 2.65. The summed E-state index contributed by atoms with van der Waals surface area (Å²) in [5.74, 6) is -0.699. The van der Waals surface area contributed by atoms with Crippen molar-refractivity contribution in [3.63, 3.8) is 0 Å². The predicted octanol–water partition coefficient (Wildman–Crippen LogP) is 3.11. The van der Waals surface area contributed by atoms with Gasteiger partial charge in [0, 0.05) is 5.54 Å². The van der Waals surface area contributed by atoms with Crippen molar-refractivity contribution in [1.82, 2.24) is 4.31 Å². The number of fused-ring (bicyclic) bond motifs is 1. The second-order valence-electron chi connectivity index (χ2n) is 6.52. The number of carbonyl (C=O) groups excluding carboxylic acids is 1. The molecule has 0 saturated heterocycles. The summed E-state index contributed by atoms with van der Waals surface area (Å²) in [7, 11) is -2.87. The second-order valence-corrected chi connectivity index (χ2v) is 8.30. The molecule has 134 valence electrons. The Balaban J connectivity index is 2.69. The van der Waals surface area contributed by atoms with Crippen molar-refractivity contribution in [3.8, 4) is 0 Å². The van der Waals surface area contributed by atoms with Gasteiger partial charge in [0.1, 0.15) is 0 Å². The monoisotopic (exact) mass is 365 g/mol. The summed E-state index contributed by atoms with van der Waals surface area (Å²) in [6.45, 7) is 4.85. The molecule has 2 rings (SSSR count). The Labute approximate surface area is 138 Å². The van der Waals surface area contributed by atoms with Crippen LogP contribution in [0.3, 0.4) is 0 Å². The van der Waals surface area contributed by atoms with Gasteiger partial charge in [0.05, 0.1) is 30.0 Å². The van der Waals surface area contributed by atoms with E-state index in [4.69, 9.17) is 0 Å². The lowest BCUT2D eigenvalue weighted by Crippen LogP contribution is -2.44. The van der Waals surface area contributed by atoms with Gasteiger partial charge in [-0.05, 0) is 44.5 Å². The summed E-state index contributed by atoms with van der Waals surface area (Å²) in [6.07, 6.45) is -4.97. The van der Waals surface area contributed by atoms with Crippen LogP contribution in [0.1, 0.15) is 44.4 Å². The van der Waals surface area contributed by atoms with Crippen molar-refractivity contribution < 1.29 is 31.1 Å². The minimum absolute atomic E-state index is 0.0369. The molecule has 0 amide bonds. The third-order valence-corrected chi connectivity index (χ3v) is 6.01. The fourth-order valence-electron chi connectivity index (χ4n) is 2.88. The van der Waals surface area contributed by atoms with Crippen LogP contribution in [-0.2, 0) is 25.7 Å². The normalized spacial score (nSPS) is 20.7. The summed E-state index contributed by atoms with van der Waals surface area (Å²) in [5.41, 5.74) is -1.91. The topological polar surface area (TPSA) is 63.7 Å². The van der Waals surface area contributed by atoms with Crippen LogP contribution in [0.2, 0.25) is 0 Å². The molecule has 0 N–H and O–H groups in total. The zero-order chi connectivity index (χ0) is 18.5. The molecule has 0 aromatic heterocycles. The molecule has 1 aromatic carbocycles. The van der Waals surface area contributed by atoms with Crippen molar-refractivity contribution >= 4 is 16.0 Å². The van der Waals surface area contributed by atoms with Gasteiger partial charge in [0.25, 0.3) is 0 Å². The largest absolute Gasteiger partial charge is 0.469 e. The first kappa shape index (κ1) is 18.7. The minimum atomic E-state index is -4.61. The molecule has 0 saturated carbocycles. The fourth-order valence-corrected chi connectivity index (χ4v) is 5.07. The summed E-state index contributed by atoms with van der Waals surface area (Å²) in [4.78, 5) is 11.5. The number of esters is 1. The Bertz CT molecular complexity index is 766. The standard InChI is InChI=1S/C15H18F3NO4S/c1-14(2,3)19-11(8-13(20)23-4)10-7-9(15(16,17)18)5-6-12(10)24(19,21)22/h5-7,11H,8H2,1-4H3. The number of nitrogens with zero attached hydrogens (tertiary/aromatic N) is 1. The number of halogens is 3. The highest BCUT2D eigenvalue weighted by atomic mass is 32.2. The molecule has 1 aromatic rings. The van der Waals surface area contributed by atoms with Crippen LogP contribution in [0.4, 0.5) is 13.2 Å². The Morgan fingerprint density at radius 1 is 1.25 bits per heavy atom. The number of alkyl halides is 3. The molecule has 1 unspecified atom stereocenters. The van der Waals surface area contributed by atoms with Gasteiger partial charge in [0.15, 0.2) is 0 Å². The highest BCUT2D eigenvalue weighted by Gasteiger charge is 2.49. The van der Waals surface area contributed by atoms with Crippen LogP contribution in [0.25, 0.3) is 0 Å². The van der Waals surface area contributed by atoms with Gasteiger partial charge in [-0.15, -0.1) is 0 Å². The Kier molecular flexibility index (Phi) is 4.47. The van der Waals surface area contributed by atoms with Gasteiger partial charge in [-0.25, -0.2) is 8.42 Å². The summed E-state index contributed by atoms with van der Waals surface area (Å²) < 4.78 is 70.1. The van der Waals surface area contributed by atoms with Gasteiger partial charge in [-0.2, -0.15) is 17.5 Å². The third-order valence-electron chi connectivity index (χ3n) is 3.76. The molecule has 5 nitrogen and oxygen atoms in total. The van der Waals surface area contributed by atoms with Crippen molar-refractivity contribution in [2.45, 2.75) is 49.8 Å². The zero-order valence-electron chi connectivity index (χ0n) is 13.6. The lowest BCUT2D eigenvalue weighted by atomic mass is 9.97. The van der Waals surface area contributed by atoms with Crippen LogP contribution < -0.4 is 0 Å². The van der Waals surface area contributed by atoms with Crippen LogP contribution in [-0.4, -0.2) is 31.3 Å². The Morgan fingerprint density at radius 3 is 2.29 bits per heavy atom. The lowest BCUT2D eigenvalue weighted by molar-refractivity contribution is -0.141. The van der Waals surface area contributed by atoms with Crippen molar-refractivity contribution in [2.24, 2.45) is 0 Å². The number of carbonyl (C=O) groups is 1. The second kappa shape index (κ2) is 5.73. The Hall–Kier alpha value is -1.61. The highest BCUT2D eigenvalue weighted by Crippen LogP contribution is 2.47. The summed E-state index contributed by atoms with van der Waals surface area (Å²) in [6, 6.07) is 1.44. The van der Waals surface area contributed by atoms with E-state index in [0.717, 1.165) is 29.6 Å². The molecule has 24 heavy (non-hydrogen) atoms. The maximum Gasteiger partial charge on any atom is 0.416 e. The quantitative estimate of drug-likeness (QED) is 0.756. The van der Waals surface area contributed by atoms with Gasteiger partial charge in [-0.3, -0.25) is 4.79 Å². The van der Waals surface area contributed by atoms with E-state index in [9.17, 15) is 26.4 Å². The van der Waals surface area contributed by atoms with E-state index in [1.54, 1.807) is 20.8 Å². The van der Waals surface area contributed by atoms with E-state index in [1.807, 2.05) is 0 Å². The van der Waals surface area contributed by atoms with E-state index >= 15 is 0 Å². The van der Waals surface area contributed by atoms with Gasteiger partial charge in [0.2, 0.25) is 10.0 Å².